The number of pyridine rings is 2. The molecule has 0 amide bonds. The number of nitrogens with zero attached hydrogens (tertiary/aromatic N) is 2. The Kier molecular flexibility index (Phi) is 3.35. The molecule has 5 heteroatoms. The second-order valence-electron chi connectivity index (χ2n) is 3.46. The molecule has 0 fully saturated rings. The van der Waals surface area contributed by atoms with Crippen LogP contribution in [0.5, 0.6) is 0 Å². The van der Waals surface area contributed by atoms with Gasteiger partial charge in [0.25, 0.3) is 0 Å². The summed E-state index contributed by atoms with van der Waals surface area (Å²) in [6.07, 6.45) is 4.61. The second kappa shape index (κ2) is 4.93. The van der Waals surface area contributed by atoms with Crippen LogP contribution in [0.2, 0.25) is 5.02 Å². The second-order valence-corrected chi connectivity index (χ2v) is 3.90. The van der Waals surface area contributed by atoms with Gasteiger partial charge in [-0.15, -0.1) is 0 Å². The SMILES string of the molecule is O=C(O)Cc1ncc(Cl)cc1-c1cccnc1. The largest absolute Gasteiger partial charge is 0.481 e. The van der Waals surface area contributed by atoms with Gasteiger partial charge < -0.3 is 5.11 Å². The summed E-state index contributed by atoms with van der Waals surface area (Å²) >= 11 is 5.87. The lowest BCUT2D eigenvalue weighted by Crippen LogP contribution is -2.04. The highest BCUT2D eigenvalue weighted by molar-refractivity contribution is 6.30. The Labute approximate surface area is 103 Å². The van der Waals surface area contributed by atoms with Gasteiger partial charge in [0.15, 0.2) is 0 Å². The third-order valence-electron chi connectivity index (χ3n) is 2.23. The van der Waals surface area contributed by atoms with Gasteiger partial charge in [-0.25, -0.2) is 0 Å². The summed E-state index contributed by atoms with van der Waals surface area (Å²) in [5, 5.41) is 9.29. The van der Waals surface area contributed by atoms with Gasteiger partial charge in [0.1, 0.15) is 0 Å². The summed E-state index contributed by atoms with van der Waals surface area (Å²) in [6.45, 7) is 0. The number of carbonyl (C=O) groups is 1. The Morgan fingerprint density at radius 1 is 1.41 bits per heavy atom. The van der Waals surface area contributed by atoms with Crippen LogP contribution in [0.3, 0.4) is 0 Å². The summed E-state index contributed by atoms with van der Waals surface area (Å²) < 4.78 is 0. The highest BCUT2D eigenvalue weighted by Gasteiger charge is 2.11. The molecule has 0 radical (unpaired) electrons. The van der Waals surface area contributed by atoms with Crippen molar-refractivity contribution in [2.45, 2.75) is 6.42 Å². The molecule has 0 aliphatic rings. The molecule has 2 rings (SSSR count). The number of rotatable bonds is 3. The van der Waals surface area contributed by atoms with Gasteiger partial charge in [0.05, 0.1) is 17.1 Å². The number of hydrogen-bond acceptors (Lipinski definition) is 3. The van der Waals surface area contributed by atoms with Crippen molar-refractivity contribution < 1.29 is 9.90 Å². The third kappa shape index (κ3) is 2.79. The lowest BCUT2D eigenvalue weighted by molar-refractivity contribution is -0.136. The maximum absolute atomic E-state index is 10.7. The van der Waals surface area contributed by atoms with E-state index in [1.165, 1.54) is 6.20 Å². The van der Waals surface area contributed by atoms with Gasteiger partial charge in [0.2, 0.25) is 0 Å². The normalized spacial score (nSPS) is 10.2. The molecule has 1 N–H and O–H groups in total. The molecule has 0 saturated carbocycles. The molecule has 2 aromatic rings. The average Bonchev–Trinajstić information content (AvgIpc) is 2.32. The smallest absolute Gasteiger partial charge is 0.309 e. The van der Waals surface area contributed by atoms with Crippen molar-refractivity contribution >= 4 is 17.6 Å². The van der Waals surface area contributed by atoms with Gasteiger partial charge in [-0.3, -0.25) is 14.8 Å². The molecule has 86 valence electrons. The molecule has 0 bridgehead atoms. The van der Waals surface area contributed by atoms with Crippen molar-refractivity contribution in [2.24, 2.45) is 0 Å². The van der Waals surface area contributed by atoms with E-state index in [0.717, 1.165) is 5.56 Å². The van der Waals surface area contributed by atoms with Gasteiger partial charge in [0, 0.05) is 29.7 Å². The van der Waals surface area contributed by atoms with Crippen LogP contribution in [0.4, 0.5) is 0 Å². The zero-order valence-electron chi connectivity index (χ0n) is 8.80. The number of carboxylic acid groups (broad SMARTS) is 1. The molecule has 0 aliphatic heterocycles. The summed E-state index contributed by atoms with van der Waals surface area (Å²) in [4.78, 5) is 18.8. The predicted octanol–water partition coefficient (Wildman–Crippen LogP) is 2.42. The predicted molar refractivity (Wildman–Crippen MR) is 63.8 cm³/mol. The van der Waals surface area contributed by atoms with E-state index in [4.69, 9.17) is 16.7 Å². The van der Waals surface area contributed by atoms with Crippen LogP contribution >= 0.6 is 11.6 Å². The van der Waals surface area contributed by atoms with Crippen LogP contribution in [0.1, 0.15) is 5.69 Å². The van der Waals surface area contributed by atoms with E-state index in [2.05, 4.69) is 9.97 Å². The Morgan fingerprint density at radius 3 is 2.88 bits per heavy atom. The van der Waals surface area contributed by atoms with Crippen LogP contribution < -0.4 is 0 Å². The highest BCUT2D eigenvalue weighted by atomic mass is 35.5. The maximum atomic E-state index is 10.7. The van der Waals surface area contributed by atoms with E-state index in [9.17, 15) is 4.79 Å². The van der Waals surface area contributed by atoms with E-state index in [1.54, 1.807) is 24.5 Å². The molecule has 0 spiro atoms. The van der Waals surface area contributed by atoms with E-state index < -0.39 is 5.97 Å². The molecule has 2 heterocycles. The Hall–Kier alpha value is -1.94. The minimum Gasteiger partial charge on any atom is -0.481 e. The zero-order chi connectivity index (χ0) is 12.3. The number of carboxylic acids is 1. The molecule has 0 aromatic carbocycles. The zero-order valence-corrected chi connectivity index (χ0v) is 9.55. The monoisotopic (exact) mass is 248 g/mol. The lowest BCUT2D eigenvalue weighted by Gasteiger charge is -2.07. The van der Waals surface area contributed by atoms with Crippen molar-refractivity contribution in [3.05, 3.63) is 47.5 Å². The Balaban J connectivity index is 2.51. The van der Waals surface area contributed by atoms with Crippen molar-refractivity contribution in [1.29, 1.82) is 0 Å². The lowest BCUT2D eigenvalue weighted by atomic mass is 10.0. The molecule has 0 atom stereocenters. The van der Waals surface area contributed by atoms with Crippen LogP contribution in [0, 0.1) is 0 Å². The molecule has 0 saturated heterocycles. The van der Waals surface area contributed by atoms with Gasteiger partial charge >= 0.3 is 5.97 Å². The van der Waals surface area contributed by atoms with E-state index in [-0.39, 0.29) is 6.42 Å². The fourth-order valence-corrected chi connectivity index (χ4v) is 1.68. The molecular formula is C12H9ClN2O2. The van der Waals surface area contributed by atoms with Crippen molar-refractivity contribution in [3.63, 3.8) is 0 Å². The minimum atomic E-state index is -0.926. The number of hydrogen-bond donors (Lipinski definition) is 1. The van der Waals surface area contributed by atoms with Crippen LogP contribution in [0.25, 0.3) is 11.1 Å². The van der Waals surface area contributed by atoms with Crippen molar-refractivity contribution in [1.82, 2.24) is 9.97 Å². The molecule has 0 aliphatic carbocycles. The third-order valence-corrected chi connectivity index (χ3v) is 2.43. The van der Waals surface area contributed by atoms with E-state index in [0.29, 0.717) is 16.3 Å². The number of halogens is 1. The first kappa shape index (κ1) is 11.5. The molecule has 2 aromatic heterocycles. The molecular weight excluding hydrogens is 240 g/mol. The highest BCUT2D eigenvalue weighted by Crippen LogP contribution is 2.24. The molecule has 0 unspecified atom stereocenters. The topological polar surface area (TPSA) is 63.1 Å². The first-order chi connectivity index (χ1) is 8.16. The Bertz CT molecular complexity index is 543. The number of aliphatic carboxylic acids is 1. The Morgan fingerprint density at radius 2 is 2.24 bits per heavy atom. The van der Waals surface area contributed by atoms with E-state index >= 15 is 0 Å². The number of aromatic nitrogens is 2. The first-order valence-electron chi connectivity index (χ1n) is 4.93. The fraction of sp³-hybridized carbons (Fsp3) is 0.0833. The summed E-state index contributed by atoms with van der Waals surface area (Å²) in [5.74, 6) is -0.926. The molecule has 17 heavy (non-hydrogen) atoms. The van der Waals surface area contributed by atoms with Gasteiger partial charge in [-0.2, -0.15) is 0 Å². The average molecular weight is 249 g/mol. The van der Waals surface area contributed by atoms with Crippen LogP contribution in [-0.2, 0) is 11.2 Å². The van der Waals surface area contributed by atoms with Gasteiger partial charge in [-0.1, -0.05) is 17.7 Å². The fourth-order valence-electron chi connectivity index (χ4n) is 1.52. The quantitative estimate of drug-likeness (QED) is 0.906. The van der Waals surface area contributed by atoms with Crippen molar-refractivity contribution in [2.75, 3.05) is 0 Å². The maximum Gasteiger partial charge on any atom is 0.309 e. The first-order valence-corrected chi connectivity index (χ1v) is 5.31. The van der Waals surface area contributed by atoms with Crippen LogP contribution in [-0.4, -0.2) is 21.0 Å². The summed E-state index contributed by atoms with van der Waals surface area (Å²) in [7, 11) is 0. The summed E-state index contributed by atoms with van der Waals surface area (Å²) in [5.41, 5.74) is 1.99. The van der Waals surface area contributed by atoms with Crippen LogP contribution in [0.15, 0.2) is 36.8 Å². The van der Waals surface area contributed by atoms with E-state index in [1.807, 2.05) is 6.07 Å². The van der Waals surface area contributed by atoms with Crippen molar-refractivity contribution in [3.8, 4) is 11.1 Å². The van der Waals surface area contributed by atoms with Gasteiger partial charge in [-0.05, 0) is 12.1 Å². The minimum absolute atomic E-state index is 0.138. The molecule has 4 nitrogen and oxygen atoms in total. The summed E-state index contributed by atoms with van der Waals surface area (Å²) in [6, 6.07) is 5.32. The standard InChI is InChI=1S/C12H9ClN2O2/c13-9-4-10(8-2-1-3-14-6-8)11(15-7-9)5-12(16)17/h1-4,6-7H,5H2,(H,16,17).